The van der Waals surface area contributed by atoms with E-state index in [2.05, 4.69) is 20.5 Å². The number of anilines is 1. The first-order valence-electron chi connectivity index (χ1n) is 8.56. The van der Waals surface area contributed by atoms with E-state index in [-0.39, 0.29) is 30.1 Å². The number of thioether (sulfide) groups is 1. The van der Waals surface area contributed by atoms with Gasteiger partial charge in [0.25, 0.3) is 0 Å². The number of ether oxygens (including phenoxy) is 2. The SMILES string of the molecule is CC(=O)c1cc2c(cc1NC(=O)CSc1n[nH]c(-c3ccccc3F)n1)OCO2. The summed E-state index contributed by atoms with van der Waals surface area (Å²) in [4.78, 5) is 28.4. The standard InChI is InChI=1S/C19H15FN4O4S/c1-10(25)12-6-15-16(28-9-27-15)7-14(12)21-17(26)8-29-19-22-18(23-24-19)11-4-2-3-5-13(11)20/h2-7H,8-9H2,1H3,(H,21,26)(H,22,23,24). The molecule has 0 atom stereocenters. The number of hydrogen-bond donors (Lipinski definition) is 2. The fraction of sp³-hybridized carbons (Fsp3) is 0.158. The zero-order valence-corrected chi connectivity index (χ0v) is 16.0. The van der Waals surface area contributed by atoms with Crippen molar-refractivity contribution in [1.82, 2.24) is 15.2 Å². The number of halogens is 1. The molecule has 0 bridgehead atoms. The van der Waals surface area contributed by atoms with Gasteiger partial charge in [-0.2, -0.15) is 0 Å². The summed E-state index contributed by atoms with van der Waals surface area (Å²) in [6.45, 7) is 1.47. The number of carbonyl (C=O) groups is 2. The van der Waals surface area contributed by atoms with Crippen LogP contribution < -0.4 is 14.8 Å². The van der Waals surface area contributed by atoms with Crippen LogP contribution in [0.5, 0.6) is 11.5 Å². The number of aromatic amines is 1. The number of benzene rings is 2. The van der Waals surface area contributed by atoms with Crippen molar-refractivity contribution in [2.75, 3.05) is 17.9 Å². The van der Waals surface area contributed by atoms with Gasteiger partial charge in [0.15, 0.2) is 23.1 Å². The summed E-state index contributed by atoms with van der Waals surface area (Å²) in [6.07, 6.45) is 0. The van der Waals surface area contributed by atoms with E-state index in [1.807, 2.05) is 0 Å². The fourth-order valence-electron chi connectivity index (χ4n) is 2.74. The molecule has 0 aliphatic carbocycles. The molecular formula is C19H15FN4O4S. The topological polar surface area (TPSA) is 106 Å². The van der Waals surface area contributed by atoms with Crippen molar-refractivity contribution in [2.24, 2.45) is 0 Å². The lowest BCUT2D eigenvalue weighted by atomic mass is 10.1. The van der Waals surface area contributed by atoms with E-state index in [0.717, 1.165) is 11.8 Å². The quantitative estimate of drug-likeness (QED) is 0.471. The van der Waals surface area contributed by atoms with Crippen molar-refractivity contribution >= 4 is 29.1 Å². The molecule has 1 aliphatic heterocycles. The van der Waals surface area contributed by atoms with Crippen molar-refractivity contribution in [1.29, 1.82) is 0 Å². The summed E-state index contributed by atoms with van der Waals surface area (Å²) in [5, 5.41) is 9.65. The van der Waals surface area contributed by atoms with Gasteiger partial charge in [0.05, 0.1) is 17.0 Å². The number of hydrogen-bond acceptors (Lipinski definition) is 7. The van der Waals surface area contributed by atoms with E-state index in [0.29, 0.717) is 33.5 Å². The van der Waals surface area contributed by atoms with Crippen LogP contribution in [0.3, 0.4) is 0 Å². The lowest BCUT2D eigenvalue weighted by Gasteiger charge is -2.10. The Morgan fingerprint density at radius 2 is 2.00 bits per heavy atom. The average molecular weight is 414 g/mol. The number of Topliss-reactive ketones (excluding diaryl/α,β-unsaturated/α-hetero) is 1. The molecule has 2 heterocycles. The molecule has 0 unspecified atom stereocenters. The summed E-state index contributed by atoms with van der Waals surface area (Å²) in [6, 6.07) is 9.30. The Bertz CT molecular complexity index is 1100. The summed E-state index contributed by atoms with van der Waals surface area (Å²) < 4.78 is 24.4. The summed E-state index contributed by atoms with van der Waals surface area (Å²) in [5.41, 5.74) is 0.962. The fourth-order valence-corrected chi connectivity index (χ4v) is 3.34. The van der Waals surface area contributed by atoms with Gasteiger partial charge in [0, 0.05) is 11.6 Å². The predicted molar refractivity (Wildman–Crippen MR) is 104 cm³/mol. The molecule has 0 radical (unpaired) electrons. The molecule has 0 saturated carbocycles. The zero-order valence-electron chi connectivity index (χ0n) is 15.2. The van der Waals surface area contributed by atoms with Gasteiger partial charge < -0.3 is 14.8 Å². The number of nitrogens with one attached hydrogen (secondary N) is 2. The highest BCUT2D eigenvalue weighted by Crippen LogP contribution is 2.37. The number of amides is 1. The van der Waals surface area contributed by atoms with E-state index < -0.39 is 5.82 Å². The number of ketones is 1. The van der Waals surface area contributed by atoms with E-state index >= 15 is 0 Å². The Labute approximate surface area is 168 Å². The van der Waals surface area contributed by atoms with E-state index in [1.165, 1.54) is 13.0 Å². The van der Waals surface area contributed by atoms with Crippen LogP contribution in [0.2, 0.25) is 0 Å². The minimum absolute atomic E-state index is 0.000349. The van der Waals surface area contributed by atoms with Crippen LogP contribution in [0.15, 0.2) is 41.6 Å². The number of H-pyrrole nitrogens is 1. The van der Waals surface area contributed by atoms with Crippen LogP contribution in [0.4, 0.5) is 10.1 Å². The second-order valence-electron chi connectivity index (χ2n) is 6.09. The van der Waals surface area contributed by atoms with Gasteiger partial charge in [-0.15, -0.1) is 5.10 Å². The lowest BCUT2D eigenvalue weighted by Crippen LogP contribution is -2.16. The molecule has 1 aliphatic rings. The van der Waals surface area contributed by atoms with Gasteiger partial charge >= 0.3 is 0 Å². The van der Waals surface area contributed by atoms with Crippen LogP contribution >= 0.6 is 11.8 Å². The molecular weight excluding hydrogens is 399 g/mol. The molecule has 1 amide bonds. The van der Waals surface area contributed by atoms with Crippen LogP contribution in [0, 0.1) is 5.82 Å². The minimum Gasteiger partial charge on any atom is -0.454 e. The Morgan fingerprint density at radius 3 is 2.76 bits per heavy atom. The predicted octanol–water partition coefficient (Wildman–Crippen LogP) is 3.27. The largest absolute Gasteiger partial charge is 0.454 e. The first-order chi connectivity index (χ1) is 14.0. The maximum Gasteiger partial charge on any atom is 0.234 e. The lowest BCUT2D eigenvalue weighted by molar-refractivity contribution is -0.113. The highest BCUT2D eigenvalue weighted by molar-refractivity contribution is 7.99. The molecule has 0 spiro atoms. The van der Waals surface area contributed by atoms with E-state index in [4.69, 9.17) is 9.47 Å². The Hall–Kier alpha value is -3.40. The zero-order chi connectivity index (χ0) is 20.4. The number of nitrogens with zero attached hydrogens (tertiary/aromatic N) is 2. The van der Waals surface area contributed by atoms with Crippen molar-refractivity contribution in [2.45, 2.75) is 12.1 Å². The van der Waals surface area contributed by atoms with Crippen molar-refractivity contribution in [3.05, 3.63) is 47.8 Å². The highest BCUT2D eigenvalue weighted by atomic mass is 32.2. The second kappa shape index (κ2) is 7.92. The molecule has 0 saturated heterocycles. The van der Waals surface area contributed by atoms with Crippen molar-refractivity contribution in [3.8, 4) is 22.9 Å². The maximum absolute atomic E-state index is 13.8. The third-order valence-corrected chi connectivity index (χ3v) is 4.94. The Morgan fingerprint density at radius 1 is 1.24 bits per heavy atom. The third kappa shape index (κ3) is 4.06. The molecule has 0 fully saturated rings. The van der Waals surface area contributed by atoms with Gasteiger partial charge in [-0.25, -0.2) is 9.37 Å². The number of fused-ring (bicyclic) bond motifs is 1. The van der Waals surface area contributed by atoms with Crippen LogP contribution in [-0.2, 0) is 4.79 Å². The maximum atomic E-state index is 13.8. The number of carbonyl (C=O) groups excluding carboxylic acids is 2. The van der Waals surface area contributed by atoms with Gasteiger partial charge in [-0.3, -0.25) is 14.7 Å². The smallest absolute Gasteiger partial charge is 0.234 e. The molecule has 1 aromatic heterocycles. The first kappa shape index (κ1) is 18.9. The highest BCUT2D eigenvalue weighted by Gasteiger charge is 2.20. The molecule has 148 valence electrons. The normalized spacial score (nSPS) is 12.1. The van der Waals surface area contributed by atoms with Gasteiger partial charge in [0.2, 0.25) is 17.9 Å². The van der Waals surface area contributed by atoms with Gasteiger partial charge in [-0.1, -0.05) is 23.9 Å². The molecule has 10 heteroatoms. The summed E-state index contributed by atoms with van der Waals surface area (Å²) in [7, 11) is 0. The molecule has 29 heavy (non-hydrogen) atoms. The van der Waals surface area contributed by atoms with Gasteiger partial charge in [-0.05, 0) is 25.1 Å². The minimum atomic E-state index is -0.419. The molecule has 3 aromatic rings. The number of aromatic nitrogens is 3. The van der Waals surface area contributed by atoms with E-state index in [9.17, 15) is 14.0 Å². The molecule has 4 rings (SSSR count). The van der Waals surface area contributed by atoms with Crippen molar-refractivity contribution in [3.63, 3.8) is 0 Å². The number of rotatable bonds is 6. The van der Waals surface area contributed by atoms with Crippen LogP contribution in [0.1, 0.15) is 17.3 Å². The second-order valence-corrected chi connectivity index (χ2v) is 7.03. The third-order valence-electron chi connectivity index (χ3n) is 4.09. The van der Waals surface area contributed by atoms with Crippen LogP contribution in [0.25, 0.3) is 11.4 Å². The van der Waals surface area contributed by atoms with Crippen LogP contribution in [-0.4, -0.2) is 39.4 Å². The Balaban J connectivity index is 1.43. The molecule has 2 aromatic carbocycles. The average Bonchev–Trinajstić information content (AvgIpc) is 3.35. The molecule has 2 N–H and O–H groups in total. The Kier molecular flexibility index (Phi) is 5.17. The van der Waals surface area contributed by atoms with Crippen molar-refractivity contribution < 1.29 is 23.5 Å². The van der Waals surface area contributed by atoms with E-state index in [1.54, 1.807) is 30.3 Å². The van der Waals surface area contributed by atoms with Gasteiger partial charge in [0.1, 0.15) is 5.82 Å². The summed E-state index contributed by atoms with van der Waals surface area (Å²) >= 11 is 1.08. The first-order valence-corrected chi connectivity index (χ1v) is 9.54. The summed E-state index contributed by atoms with van der Waals surface area (Å²) in [5.74, 6) is 0.215. The molecule has 8 nitrogen and oxygen atoms in total. The monoisotopic (exact) mass is 414 g/mol.